The zero-order chi connectivity index (χ0) is 24.9. The van der Waals surface area contributed by atoms with Crippen molar-refractivity contribution in [2.75, 3.05) is 17.3 Å². The summed E-state index contributed by atoms with van der Waals surface area (Å²) in [7, 11) is 1.56. The second kappa shape index (κ2) is 10.8. The van der Waals surface area contributed by atoms with Gasteiger partial charge in [0.25, 0.3) is 5.91 Å². The van der Waals surface area contributed by atoms with Crippen LogP contribution in [0.25, 0.3) is 0 Å². The monoisotopic (exact) mass is 547 g/mol. The van der Waals surface area contributed by atoms with Gasteiger partial charge in [0.05, 0.1) is 12.4 Å². The number of benzene rings is 3. The summed E-state index contributed by atoms with van der Waals surface area (Å²) < 4.78 is 6.19. The summed E-state index contributed by atoms with van der Waals surface area (Å²) in [5.41, 5.74) is 2.92. The molecule has 1 fully saturated rings. The number of para-hydroxylation sites is 1. The highest BCUT2D eigenvalue weighted by molar-refractivity contribution is 9.10. The number of anilines is 2. The largest absolute Gasteiger partial charge is 0.497 e. The molecule has 35 heavy (non-hydrogen) atoms. The fourth-order valence-corrected chi connectivity index (χ4v) is 5.26. The van der Waals surface area contributed by atoms with Gasteiger partial charge in [-0.15, -0.1) is 0 Å². The molecule has 0 radical (unpaired) electrons. The Morgan fingerprint density at radius 1 is 1.11 bits per heavy atom. The molecule has 3 aromatic rings. The smallest absolute Gasteiger partial charge is 0.269 e. The Balaban J connectivity index is 1.73. The van der Waals surface area contributed by atoms with Gasteiger partial charge in [0.1, 0.15) is 22.4 Å². The summed E-state index contributed by atoms with van der Waals surface area (Å²) in [6.45, 7) is 1.88. The molecule has 0 aromatic heterocycles. The van der Waals surface area contributed by atoms with Gasteiger partial charge in [-0.1, -0.05) is 58.0 Å². The number of nitrogens with zero attached hydrogens (tertiary/aromatic N) is 2. The molecule has 0 spiro atoms. The number of carbonyl (C=O) groups excluding carboxylic acids is 2. The lowest BCUT2D eigenvalue weighted by Gasteiger charge is -2.19. The number of nitrogens with one attached hydrogen (secondary N) is 1. The Labute approximate surface area is 216 Å². The topological polar surface area (TPSA) is 82.4 Å². The predicted molar refractivity (Wildman–Crippen MR) is 142 cm³/mol. The third-order valence-electron chi connectivity index (χ3n) is 5.56. The van der Waals surface area contributed by atoms with E-state index in [9.17, 15) is 14.9 Å². The van der Waals surface area contributed by atoms with Crippen LogP contribution in [0.1, 0.15) is 11.1 Å². The van der Waals surface area contributed by atoms with Gasteiger partial charge in [-0.3, -0.25) is 14.5 Å². The molecule has 1 aliphatic heterocycles. The van der Waals surface area contributed by atoms with Crippen LogP contribution in [0.5, 0.6) is 5.75 Å². The first kappa shape index (κ1) is 24.6. The van der Waals surface area contributed by atoms with Crippen LogP contribution in [0, 0.1) is 18.3 Å². The van der Waals surface area contributed by atoms with Crippen molar-refractivity contribution in [3.05, 3.63) is 99.0 Å². The van der Waals surface area contributed by atoms with E-state index in [0.29, 0.717) is 28.6 Å². The van der Waals surface area contributed by atoms with Gasteiger partial charge in [-0.2, -0.15) is 5.26 Å². The van der Waals surface area contributed by atoms with Crippen LogP contribution in [0.2, 0.25) is 0 Å². The summed E-state index contributed by atoms with van der Waals surface area (Å²) in [6.07, 6.45) is 0.463. The van der Waals surface area contributed by atoms with E-state index in [1.807, 2.05) is 55.5 Å². The van der Waals surface area contributed by atoms with E-state index in [2.05, 4.69) is 21.2 Å². The van der Waals surface area contributed by atoms with Gasteiger partial charge < -0.3 is 10.1 Å². The lowest BCUT2D eigenvalue weighted by molar-refractivity contribution is -0.117. The first-order chi connectivity index (χ1) is 16.9. The Morgan fingerprint density at radius 2 is 1.80 bits per heavy atom. The fraction of sp³-hybridized carbons (Fsp3) is 0.148. The standard InChI is InChI=1S/C27H22BrN3O3S/c1-17-5-3-4-6-23(17)30-25(32)22(16-29)27-31(20-11-13-21(34-2)14-12-20)26(33)24(35-27)15-18-7-9-19(28)10-8-18/h3-14,24H,15H2,1-2H3,(H,30,32)/b27-22-. The first-order valence-electron chi connectivity index (χ1n) is 10.8. The summed E-state index contributed by atoms with van der Waals surface area (Å²) in [5.74, 6) is -0.0998. The fourth-order valence-electron chi connectivity index (χ4n) is 3.69. The maximum atomic E-state index is 13.6. The minimum absolute atomic E-state index is 0.110. The van der Waals surface area contributed by atoms with Gasteiger partial charge in [0, 0.05) is 15.8 Å². The zero-order valence-electron chi connectivity index (χ0n) is 19.1. The van der Waals surface area contributed by atoms with E-state index >= 15 is 0 Å². The summed E-state index contributed by atoms with van der Waals surface area (Å²) in [4.78, 5) is 28.3. The van der Waals surface area contributed by atoms with Gasteiger partial charge in [0.2, 0.25) is 5.91 Å². The van der Waals surface area contributed by atoms with Crippen LogP contribution in [0.4, 0.5) is 11.4 Å². The number of halogens is 1. The number of carbonyl (C=O) groups is 2. The molecule has 1 saturated heterocycles. The third kappa shape index (κ3) is 5.42. The average molecular weight is 548 g/mol. The molecule has 1 N–H and O–H groups in total. The van der Waals surface area contributed by atoms with Gasteiger partial charge in [-0.25, -0.2) is 0 Å². The number of nitriles is 1. The lowest BCUT2D eigenvalue weighted by Crippen LogP contribution is -2.30. The number of hydrogen-bond acceptors (Lipinski definition) is 5. The van der Waals surface area contributed by atoms with Crippen LogP contribution >= 0.6 is 27.7 Å². The van der Waals surface area contributed by atoms with E-state index in [0.717, 1.165) is 15.6 Å². The van der Waals surface area contributed by atoms with Crippen molar-refractivity contribution in [2.24, 2.45) is 0 Å². The highest BCUT2D eigenvalue weighted by Crippen LogP contribution is 2.42. The predicted octanol–water partition coefficient (Wildman–Crippen LogP) is 5.83. The van der Waals surface area contributed by atoms with E-state index < -0.39 is 11.2 Å². The minimum Gasteiger partial charge on any atom is -0.497 e. The Morgan fingerprint density at radius 3 is 2.43 bits per heavy atom. The van der Waals surface area contributed by atoms with Crippen molar-refractivity contribution < 1.29 is 14.3 Å². The molecule has 3 aromatic carbocycles. The molecule has 1 unspecified atom stereocenters. The number of amides is 2. The van der Waals surface area contributed by atoms with Crippen molar-refractivity contribution in [1.29, 1.82) is 5.26 Å². The second-order valence-electron chi connectivity index (χ2n) is 7.87. The van der Waals surface area contributed by atoms with Crippen LogP contribution in [-0.4, -0.2) is 24.2 Å². The molecule has 6 nitrogen and oxygen atoms in total. The molecular formula is C27H22BrN3O3S. The van der Waals surface area contributed by atoms with Crippen molar-refractivity contribution in [2.45, 2.75) is 18.6 Å². The highest BCUT2D eigenvalue weighted by Gasteiger charge is 2.40. The number of methoxy groups -OCH3 is 1. The molecular weight excluding hydrogens is 526 g/mol. The van der Waals surface area contributed by atoms with Crippen molar-refractivity contribution in [3.63, 3.8) is 0 Å². The third-order valence-corrected chi connectivity index (χ3v) is 7.36. The number of rotatable bonds is 6. The highest BCUT2D eigenvalue weighted by atomic mass is 79.9. The molecule has 0 saturated carbocycles. The van der Waals surface area contributed by atoms with E-state index in [1.165, 1.54) is 16.7 Å². The number of aryl methyl sites for hydroxylation is 1. The molecule has 176 valence electrons. The van der Waals surface area contributed by atoms with Gasteiger partial charge in [0.15, 0.2) is 0 Å². The molecule has 2 amide bonds. The first-order valence-corrected chi connectivity index (χ1v) is 12.5. The van der Waals surface area contributed by atoms with E-state index in [-0.39, 0.29) is 11.5 Å². The molecule has 1 atom stereocenters. The molecule has 0 aliphatic carbocycles. The summed E-state index contributed by atoms with van der Waals surface area (Å²) in [6, 6.07) is 24.1. The maximum Gasteiger partial charge on any atom is 0.269 e. The van der Waals surface area contributed by atoms with Crippen LogP contribution in [0.15, 0.2) is 87.9 Å². The number of thioether (sulfide) groups is 1. The molecule has 1 aliphatic rings. The number of hydrogen-bond donors (Lipinski definition) is 1. The molecule has 4 rings (SSSR count). The van der Waals surface area contributed by atoms with Crippen LogP contribution < -0.4 is 15.0 Å². The normalized spacial score (nSPS) is 16.6. The molecule has 0 bridgehead atoms. The van der Waals surface area contributed by atoms with Crippen molar-refractivity contribution in [1.82, 2.24) is 0 Å². The Bertz CT molecular complexity index is 1330. The zero-order valence-corrected chi connectivity index (χ0v) is 21.5. The Kier molecular flexibility index (Phi) is 7.59. The summed E-state index contributed by atoms with van der Waals surface area (Å²) in [5, 5.41) is 12.6. The maximum absolute atomic E-state index is 13.6. The molecule has 8 heteroatoms. The van der Waals surface area contributed by atoms with Crippen LogP contribution in [-0.2, 0) is 16.0 Å². The quantitative estimate of drug-likeness (QED) is 0.310. The van der Waals surface area contributed by atoms with Crippen molar-refractivity contribution >= 4 is 50.9 Å². The van der Waals surface area contributed by atoms with E-state index in [4.69, 9.17) is 4.74 Å². The van der Waals surface area contributed by atoms with Crippen LogP contribution in [0.3, 0.4) is 0 Å². The lowest BCUT2D eigenvalue weighted by atomic mass is 10.1. The Hall–Kier alpha value is -3.54. The summed E-state index contributed by atoms with van der Waals surface area (Å²) >= 11 is 4.67. The van der Waals surface area contributed by atoms with Crippen molar-refractivity contribution in [3.8, 4) is 11.8 Å². The van der Waals surface area contributed by atoms with Gasteiger partial charge in [-0.05, 0) is 66.9 Å². The minimum atomic E-state index is -0.556. The SMILES string of the molecule is COc1ccc(N2C(=O)C(Cc3ccc(Br)cc3)S/C2=C(/C#N)C(=O)Nc2ccccc2C)cc1. The van der Waals surface area contributed by atoms with E-state index in [1.54, 1.807) is 37.4 Å². The number of ether oxygens (including phenoxy) is 1. The second-order valence-corrected chi connectivity index (χ2v) is 9.98. The average Bonchev–Trinajstić information content (AvgIpc) is 3.17. The molecule has 1 heterocycles. The van der Waals surface area contributed by atoms with Gasteiger partial charge >= 0.3 is 0 Å².